The molecular formula is C20H20N4OS2. The first kappa shape index (κ1) is 18.0. The number of anilines is 1. The Bertz CT molecular complexity index is 881. The molecule has 2 N–H and O–H groups in total. The second-order valence-corrected chi connectivity index (χ2v) is 8.73. The number of carbonyl (C=O) groups is 1. The summed E-state index contributed by atoms with van der Waals surface area (Å²) in [5.74, 6) is 0.0442. The molecule has 1 atom stereocenters. The minimum atomic E-state index is -0.318. The number of nitrogens with zero attached hydrogens (tertiary/aromatic N) is 2. The van der Waals surface area contributed by atoms with Gasteiger partial charge in [0.15, 0.2) is 4.34 Å². The maximum absolute atomic E-state index is 12.7. The number of carbonyl (C=O) groups excluding carboxylic acids is 1. The standard InChI is InChI=1S/C20H20N4OS2/c25-18(22-16-11-12-16)17(15-9-5-2-6-10-15)26-20-24-23-19(27-20)21-13-14-7-3-1-4-8-14/h1-10,16-17H,11-13H2,(H,21,23)(H,22,25)/t17-/m1/s1. The van der Waals surface area contributed by atoms with Crippen molar-refractivity contribution in [1.82, 2.24) is 15.5 Å². The topological polar surface area (TPSA) is 66.9 Å². The summed E-state index contributed by atoms with van der Waals surface area (Å²) in [7, 11) is 0. The number of hydrogen-bond donors (Lipinski definition) is 2. The van der Waals surface area contributed by atoms with Gasteiger partial charge in [-0.3, -0.25) is 4.79 Å². The molecule has 1 fully saturated rings. The molecule has 27 heavy (non-hydrogen) atoms. The largest absolute Gasteiger partial charge is 0.356 e. The van der Waals surface area contributed by atoms with Gasteiger partial charge in [0.25, 0.3) is 0 Å². The van der Waals surface area contributed by atoms with Crippen molar-refractivity contribution in [2.24, 2.45) is 0 Å². The molecule has 1 heterocycles. The van der Waals surface area contributed by atoms with E-state index in [1.807, 2.05) is 48.5 Å². The zero-order chi connectivity index (χ0) is 18.5. The summed E-state index contributed by atoms with van der Waals surface area (Å²) in [4.78, 5) is 12.7. The van der Waals surface area contributed by atoms with Crippen LogP contribution in [0.1, 0.15) is 29.2 Å². The number of benzene rings is 2. The summed E-state index contributed by atoms with van der Waals surface area (Å²) in [6.07, 6.45) is 2.15. The first-order valence-electron chi connectivity index (χ1n) is 8.91. The average Bonchev–Trinajstić information content (AvgIpc) is 3.41. The van der Waals surface area contributed by atoms with E-state index in [-0.39, 0.29) is 11.2 Å². The zero-order valence-electron chi connectivity index (χ0n) is 14.7. The van der Waals surface area contributed by atoms with E-state index in [4.69, 9.17) is 0 Å². The van der Waals surface area contributed by atoms with Crippen molar-refractivity contribution < 1.29 is 4.79 Å². The number of rotatable bonds is 8. The predicted octanol–water partition coefficient (Wildman–Crippen LogP) is 4.26. The summed E-state index contributed by atoms with van der Waals surface area (Å²) < 4.78 is 0.783. The molecule has 7 heteroatoms. The van der Waals surface area contributed by atoms with Gasteiger partial charge in [0.05, 0.1) is 0 Å². The molecule has 0 aliphatic heterocycles. The lowest BCUT2D eigenvalue weighted by molar-refractivity contribution is -0.120. The van der Waals surface area contributed by atoms with Crippen molar-refractivity contribution in [1.29, 1.82) is 0 Å². The summed E-state index contributed by atoms with van der Waals surface area (Å²) in [6.45, 7) is 0.699. The summed E-state index contributed by atoms with van der Waals surface area (Å²) in [5, 5.41) is 15.3. The maximum atomic E-state index is 12.7. The van der Waals surface area contributed by atoms with Crippen LogP contribution in [0.4, 0.5) is 5.13 Å². The second-order valence-electron chi connectivity index (χ2n) is 6.40. The first-order chi connectivity index (χ1) is 13.3. The minimum Gasteiger partial charge on any atom is -0.356 e. The highest BCUT2D eigenvalue weighted by Crippen LogP contribution is 2.38. The van der Waals surface area contributed by atoms with Crippen LogP contribution in [0.5, 0.6) is 0 Å². The maximum Gasteiger partial charge on any atom is 0.238 e. The smallest absolute Gasteiger partial charge is 0.238 e. The molecule has 138 valence electrons. The molecule has 5 nitrogen and oxygen atoms in total. The normalized spacial score (nSPS) is 14.5. The highest BCUT2D eigenvalue weighted by molar-refractivity contribution is 8.01. The predicted molar refractivity (Wildman–Crippen MR) is 110 cm³/mol. The number of hydrogen-bond acceptors (Lipinski definition) is 6. The Kier molecular flexibility index (Phi) is 5.69. The Balaban J connectivity index is 1.43. The Morgan fingerprint density at radius 1 is 1.07 bits per heavy atom. The van der Waals surface area contributed by atoms with Crippen LogP contribution in [-0.2, 0) is 11.3 Å². The van der Waals surface area contributed by atoms with Crippen molar-refractivity contribution >= 4 is 34.1 Å². The van der Waals surface area contributed by atoms with E-state index < -0.39 is 0 Å². The van der Waals surface area contributed by atoms with Gasteiger partial charge in [-0.05, 0) is 24.0 Å². The second kappa shape index (κ2) is 8.54. The van der Waals surface area contributed by atoms with Crippen molar-refractivity contribution in [2.75, 3.05) is 5.32 Å². The number of amides is 1. The highest BCUT2D eigenvalue weighted by Gasteiger charge is 2.29. The van der Waals surface area contributed by atoms with Crippen LogP contribution >= 0.6 is 23.1 Å². The van der Waals surface area contributed by atoms with Crippen LogP contribution < -0.4 is 10.6 Å². The third-order valence-corrected chi connectivity index (χ3v) is 6.40. The van der Waals surface area contributed by atoms with Crippen molar-refractivity contribution in [3.05, 3.63) is 71.8 Å². The quantitative estimate of drug-likeness (QED) is 0.557. The van der Waals surface area contributed by atoms with E-state index in [1.54, 1.807) is 0 Å². The van der Waals surface area contributed by atoms with Crippen LogP contribution in [0.25, 0.3) is 0 Å². The SMILES string of the molecule is O=C(NC1CC1)[C@H](Sc1nnc(NCc2ccccc2)s1)c1ccccc1. The van der Waals surface area contributed by atoms with E-state index >= 15 is 0 Å². The molecule has 1 aromatic heterocycles. The van der Waals surface area contributed by atoms with Crippen LogP contribution in [-0.4, -0.2) is 22.1 Å². The number of thioether (sulfide) groups is 1. The van der Waals surface area contributed by atoms with Gasteiger partial charge in [-0.25, -0.2) is 0 Å². The van der Waals surface area contributed by atoms with Gasteiger partial charge >= 0.3 is 0 Å². The molecule has 0 unspecified atom stereocenters. The Labute approximate surface area is 166 Å². The Morgan fingerprint density at radius 3 is 2.48 bits per heavy atom. The molecule has 0 bridgehead atoms. The van der Waals surface area contributed by atoms with E-state index in [9.17, 15) is 4.79 Å². The fourth-order valence-corrected chi connectivity index (χ4v) is 4.56. The molecule has 0 saturated heterocycles. The van der Waals surface area contributed by atoms with Crippen molar-refractivity contribution in [3.63, 3.8) is 0 Å². The molecule has 1 aliphatic rings. The third-order valence-electron chi connectivity index (χ3n) is 4.18. The highest BCUT2D eigenvalue weighted by atomic mass is 32.2. The molecule has 0 spiro atoms. The third kappa shape index (κ3) is 5.08. The summed E-state index contributed by atoms with van der Waals surface area (Å²) in [5.41, 5.74) is 2.17. The monoisotopic (exact) mass is 396 g/mol. The van der Waals surface area contributed by atoms with E-state index in [1.165, 1.54) is 28.7 Å². The number of nitrogens with one attached hydrogen (secondary N) is 2. The molecule has 1 aliphatic carbocycles. The number of aromatic nitrogens is 2. The average molecular weight is 397 g/mol. The van der Waals surface area contributed by atoms with E-state index in [0.717, 1.165) is 27.9 Å². The Morgan fingerprint density at radius 2 is 1.78 bits per heavy atom. The molecule has 4 rings (SSSR count). The lowest BCUT2D eigenvalue weighted by Gasteiger charge is -2.15. The Hall–Kier alpha value is -2.38. The van der Waals surface area contributed by atoms with Crippen molar-refractivity contribution in [3.8, 4) is 0 Å². The lowest BCUT2D eigenvalue weighted by atomic mass is 10.1. The fourth-order valence-electron chi connectivity index (χ4n) is 2.61. The summed E-state index contributed by atoms with van der Waals surface area (Å²) in [6, 6.07) is 20.3. The minimum absolute atomic E-state index is 0.0442. The van der Waals surface area contributed by atoms with Gasteiger partial charge < -0.3 is 10.6 Å². The van der Waals surface area contributed by atoms with E-state index in [2.05, 4.69) is 33.0 Å². The van der Waals surface area contributed by atoms with Gasteiger partial charge in [0, 0.05) is 12.6 Å². The zero-order valence-corrected chi connectivity index (χ0v) is 16.3. The van der Waals surface area contributed by atoms with Crippen LogP contribution in [0.3, 0.4) is 0 Å². The molecule has 3 aromatic rings. The van der Waals surface area contributed by atoms with Gasteiger partial charge in [-0.2, -0.15) is 0 Å². The van der Waals surface area contributed by atoms with E-state index in [0.29, 0.717) is 12.6 Å². The van der Waals surface area contributed by atoms with Gasteiger partial charge in [-0.1, -0.05) is 83.8 Å². The fraction of sp³-hybridized carbons (Fsp3) is 0.250. The molecular weight excluding hydrogens is 376 g/mol. The lowest BCUT2D eigenvalue weighted by Crippen LogP contribution is -2.29. The molecule has 0 radical (unpaired) electrons. The van der Waals surface area contributed by atoms with Crippen molar-refractivity contribution in [2.45, 2.75) is 35.0 Å². The molecule has 2 aromatic carbocycles. The molecule has 1 saturated carbocycles. The van der Waals surface area contributed by atoms with Gasteiger partial charge in [-0.15, -0.1) is 10.2 Å². The van der Waals surface area contributed by atoms with Gasteiger partial charge in [0.2, 0.25) is 11.0 Å². The first-order valence-corrected chi connectivity index (χ1v) is 10.6. The summed E-state index contributed by atoms with van der Waals surface area (Å²) >= 11 is 2.93. The van der Waals surface area contributed by atoms with Crippen LogP contribution in [0.15, 0.2) is 65.0 Å². The van der Waals surface area contributed by atoms with Crippen LogP contribution in [0.2, 0.25) is 0 Å². The van der Waals surface area contributed by atoms with Crippen LogP contribution in [0, 0.1) is 0 Å². The molecule has 1 amide bonds. The van der Waals surface area contributed by atoms with Gasteiger partial charge in [0.1, 0.15) is 5.25 Å².